The van der Waals surface area contributed by atoms with E-state index >= 15 is 0 Å². The van der Waals surface area contributed by atoms with Crippen molar-refractivity contribution in [3.8, 4) is 6.07 Å². The van der Waals surface area contributed by atoms with E-state index in [0.717, 1.165) is 0 Å². The second-order valence-corrected chi connectivity index (χ2v) is 7.55. The predicted molar refractivity (Wildman–Crippen MR) is 128 cm³/mol. The zero-order valence-electron chi connectivity index (χ0n) is 18.6. The SMILES string of the molecule is N#CCC(=O)Nc1ccc(C(=O)OCC(=O)NCCC(c2ccccc2)c2ccccc2)cc1. The molecule has 2 amide bonds. The van der Waals surface area contributed by atoms with Crippen LogP contribution in [0.2, 0.25) is 0 Å². The predicted octanol–water partition coefficient (Wildman–Crippen LogP) is 4.03. The molecule has 0 saturated carbocycles. The summed E-state index contributed by atoms with van der Waals surface area (Å²) in [5.41, 5.74) is 3.04. The topological polar surface area (TPSA) is 108 Å². The highest BCUT2D eigenvalue weighted by molar-refractivity contribution is 5.94. The summed E-state index contributed by atoms with van der Waals surface area (Å²) in [6, 6.07) is 28.0. The van der Waals surface area contributed by atoms with Crippen molar-refractivity contribution in [3.05, 3.63) is 102 Å². The molecular weight excluding hydrogens is 430 g/mol. The molecule has 0 aliphatic heterocycles. The quantitative estimate of drug-likeness (QED) is 0.449. The molecule has 0 aliphatic rings. The molecule has 0 fully saturated rings. The van der Waals surface area contributed by atoms with Gasteiger partial charge in [0.05, 0.1) is 11.6 Å². The summed E-state index contributed by atoms with van der Waals surface area (Å²) < 4.78 is 5.09. The number of nitrogens with one attached hydrogen (secondary N) is 2. The molecule has 0 aliphatic carbocycles. The Morgan fingerprint density at radius 2 is 1.41 bits per heavy atom. The lowest BCUT2D eigenvalue weighted by Crippen LogP contribution is -2.30. The van der Waals surface area contributed by atoms with Crippen molar-refractivity contribution < 1.29 is 19.1 Å². The van der Waals surface area contributed by atoms with Crippen molar-refractivity contribution in [1.82, 2.24) is 5.32 Å². The molecule has 172 valence electrons. The fourth-order valence-electron chi connectivity index (χ4n) is 3.48. The molecule has 2 N–H and O–H groups in total. The molecule has 0 bridgehead atoms. The first-order valence-corrected chi connectivity index (χ1v) is 10.9. The monoisotopic (exact) mass is 455 g/mol. The van der Waals surface area contributed by atoms with Gasteiger partial charge in [-0.15, -0.1) is 0 Å². The third-order valence-electron chi connectivity index (χ3n) is 5.14. The third kappa shape index (κ3) is 7.31. The molecule has 0 radical (unpaired) electrons. The molecular formula is C27H25N3O4. The van der Waals surface area contributed by atoms with E-state index in [9.17, 15) is 14.4 Å². The number of carbonyl (C=O) groups excluding carboxylic acids is 3. The van der Waals surface area contributed by atoms with Crippen molar-refractivity contribution >= 4 is 23.5 Å². The van der Waals surface area contributed by atoms with Gasteiger partial charge in [-0.25, -0.2) is 4.79 Å². The van der Waals surface area contributed by atoms with Crippen LogP contribution in [0.5, 0.6) is 0 Å². The number of rotatable bonds is 10. The van der Waals surface area contributed by atoms with E-state index < -0.39 is 11.9 Å². The van der Waals surface area contributed by atoms with Crippen molar-refractivity contribution in [1.29, 1.82) is 5.26 Å². The molecule has 0 aromatic heterocycles. The van der Waals surface area contributed by atoms with Crippen LogP contribution >= 0.6 is 0 Å². The van der Waals surface area contributed by atoms with Gasteiger partial charge in [0, 0.05) is 18.2 Å². The Morgan fingerprint density at radius 1 is 0.824 bits per heavy atom. The molecule has 0 spiro atoms. The number of anilines is 1. The number of amides is 2. The Kier molecular flexibility index (Phi) is 8.94. The van der Waals surface area contributed by atoms with Crippen LogP contribution in [-0.2, 0) is 14.3 Å². The molecule has 0 atom stereocenters. The highest BCUT2D eigenvalue weighted by atomic mass is 16.5. The molecule has 3 aromatic rings. The minimum absolute atomic E-state index is 0.136. The lowest BCUT2D eigenvalue weighted by molar-refractivity contribution is -0.124. The fourth-order valence-corrected chi connectivity index (χ4v) is 3.48. The summed E-state index contributed by atoms with van der Waals surface area (Å²) in [6.07, 6.45) is 0.447. The fraction of sp³-hybridized carbons (Fsp3) is 0.185. The second kappa shape index (κ2) is 12.6. The van der Waals surface area contributed by atoms with E-state index in [4.69, 9.17) is 10.00 Å². The van der Waals surface area contributed by atoms with Gasteiger partial charge < -0.3 is 15.4 Å². The van der Waals surface area contributed by atoms with Gasteiger partial charge in [-0.3, -0.25) is 9.59 Å². The number of hydrogen-bond donors (Lipinski definition) is 2. The van der Waals surface area contributed by atoms with Crippen LogP contribution in [0.1, 0.15) is 40.2 Å². The van der Waals surface area contributed by atoms with E-state index in [1.807, 2.05) is 36.4 Å². The largest absolute Gasteiger partial charge is 0.452 e. The van der Waals surface area contributed by atoms with Gasteiger partial charge in [0.1, 0.15) is 6.42 Å². The summed E-state index contributed by atoms with van der Waals surface area (Å²) in [4.78, 5) is 35.8. The number of nitrogens with zero attached hydrogens (tertiary/aromatic N) is 1. The maximum atomic E-state index is 12.2. The average Bonchev–Trinajstić information content (AvgIpc) is 2.87. The van der Waals surface area contributed by atoms with Crippen LogP contribution < -0.4 is 10.6 Å². The maximum absolute atomic E-state index is 12.2. The molecule has 34 heavy (non-hydrogen) atoms. The Bertz CT molecular complexity index is 1100. The first kappa shape index (κ1) is 24.2. The molecule has 0 heterocycles. The van der Waals surface area contributed by atoms with Gasteiger partial charge in [-0.05, 0) is 41.8 Å². The Morgan fingerprint density at radius 3 is 1.97 bits per heavy atom. The summed E-state index contributed by atoms with van der Waals surface area (Å²) in [5.74, 6) is -1.32. The van der Waals surface area contributed by atoms with Gasteiger partial charge in [0.15, 0.2) is 6.61 Å². The van der Waals surface area contributed by atoms with Crippen LogP contribution in [0.3, 0.4) is 0 Å². The minimum Gasteiger partial charge on any atom is -0.452 e. The summed E-state index contributed by atoms with van der Waals surface area (Å²) in [5, 5.41) is 13.9. The van der Waals surface area contributed by atoms with Crippen LogP contribution in [0.4, 0.5) is 5.69 Å². The highest BCUT2D eigenvalue weighted by Crippen LogP contribution is 2.27. The molecule has 3 rings (SSSR count). The lowest BCUT2D eigenvalue weighted by Gasteiger charge is -2.18. The molecule has 0 saturated heterocycles. The smallest absolute Gasteiger partial charge is 0.338 e. The molecule has 7 heteroatoms. The number of benzene rings is 3. The van der Waals surface area contributed by atoms with E-state index in [1.165, 1.54) is 35.4 Å². The van der Waals surface area contributed by atoms with Crippen molar-refractivity contribution in [2.24, 2.45) is 0 Å². The van der Waals surface area contributed by atoms with Crippen molar-refractivity contribution in [2.75, 3.05) is 18.5 Å². The minimum atomic E-state index is -0.642. The summed E-state index contributed by atoms with van der Waals surface area (Å²) in [6.45, 7) is 0.0444. The van der Waals surface area contributed by atoms with Crippen molar-refractivity contribution in [2.45, 2.75) is 18.8 Å². The summed E-state index contributed by atoms with van der Waals surface area (Å²) >= 11 is 0. The molecule has 0 unspecified atom stereocenters. The number of ether oxygens (including phenoxy) is 1. The van der Waals surface area contributed by atoms with E-state index in [2.05, 4.69) is 34.9 Å². The standard InChI is InChI=1S/C27H25N3O4/c28-17-15-25(31)30-23-13-11-22(12-14-23)27(33)34-19-26(32)29-18-16-24(20-7-3-1-4-8-20)21-9-5-2-6-10-21/h1-14,24H,15-16,18-19H2,(H,29,32)(H,30,31). The maximum Gasteiger partial charge on any atom is 0.338 e. The highest BCUT2D eigenvalue weighted by Gasteiger charge is 2.15. The van der Waals surface area contributed by atoms with Gasteiger partial charge in [0.2, 0.25) is 5.91 Å². The number of nitriles is 1. The Balaban J connectivity index is 1.47. The number of hydrogen-bond acceptors (Lipinski definition) is 5. The third-order valence-corrected chi connectivity index (χ3v) is 5.14. The Labute approximate surface area is 198 Å². The number of esters is 1. The van der Waals surface area contributed by atoms with Gasteiger partial charge in [-0.1, -0.05) is 60.7 Å². The van der Waals surface area contributed by atoms with Gasteiger partial charge in [0.25, 0.3) is 5.91 Å². The lowest BCUT2D eigenvalue weighted by atomic mass is 9.88. The van der Waals surface area contributed by atoms with E-state index in [1.54, 1.807) is 6.07 Å². The van der Waals surface area contributed by atoms with Gasteiger partial charge >= 0.3 is 5.97 Å². The van der Waals surface area contributed by atoms with Crippen molar-refractivity contribution in [3.63, 3.8) is 0 Å². The zero-order valence-corrected chi connectivity index (χ0v) is 18.6. The second-order valence-electron chi connectivity index (χ2n) is 7.55. The van der Waals surface area contributed by atoms with Crippen LogP contribution in [0.15, 0.2) is 84.9 Å². The van der Waals surface area contributed by atoms with E-state index in [-0.39, 0.29) is 30.4 Å². The first-order valence-electron chi connectivity index (χ1n) is 10.9. The van der Waals surface area contributed by atoms with Crippen LogP contribution in [-0.4, -0.2) is 30.9 Å². The summed E-state index contributed by atoms with van der Waals surface area (Å²) in [7, 11) is 0. The van der Waals surface area contributed by atoms with E-state index in [0.29, 0.717) is 18.7 Å². The average molecular weight is 456 g/mol. The molecule has 3 aromatic carbocycles. The van der Waals surface area contributed by atoms with Crippen LogP contribution in [0.25, 0.3) is 0 Å². The number of carbonyl (C=O) groups is 3. The van der Waals surface area contributed by atoms with Gasteiger partial charge in [-0.2, -0.15) is 5.26 Å². The first-order chi connectivity index (χ1) is 16.6. The van der Waals surface area contributed by atoms with Crippen LogP contribution in [0, 0.1) is 11.3 Å². The zero-order chi connectivity index (χ0) is 24.2. The molecule has 7 nitrogen and oxygen atoms in total. The Hall–Kier alpha value is -4.44. The normalized spacial score (nSPS) is 10.2.